The minimum absolute atomic E-state index is 0.0923. The molecule has 2 rings (SSSR count). The Morgan fingerprint density at radius 3 is 2.79 bits per heavy atom. The number of anilines is 1. The fourth-order valence-corrected chi connectivity index (χ4v) is 1.76. The standard InChI is InChI=1S/C11H8Cl3N3O2/c12-7-2-1-3-8(4-7)16-11(18)19-6-17-5-15-9(13)10(17)14/h1-5H,6H2,(H,16,18). The topological polar surface area (TPSA) is 56.1 Å². The minimum Gasteiger partial charge on any atom is -0.427 e. The molecule has 0 saturated carbocycles. The molecule has 0 saturated heterocycles. The highest BCUT2D eigenvalue weighted by Gasteiger charge is 2.08. The smallest absolute Gasteiger partial charge is 0.413 e. The van der Waals surface area contributed by atoms with Crippen LogP contribution in [0.25, 0.3) is 0 Å². The molecule has 0 spiro atoms. The van der Waals surface area contributed by atoms with Crippen molar-refractivity contribution in [3.05, 3.63) is 45.9 Å². The molecule has 0 bridgehead atoms. The Morgan fingerprint density at radius 2 is 2.16 bits per heavy atom. The lowest BCUT2D eigenvalue weighted by molar-refractivity contribution is 0.128. The van der Waals surface area contributed by atoms with Gasteiger partial charge in [0.1, 0.15) is 6.33 Å². The van der Waals surface area contributed by atoms with Crippen LogP contribution >= 0.6 is 34.8 Å². The number of amides is 1. The van der Waals surface area contributed by atoms with E-state index in [-0.39, 0.29) is 17.0 Å². The van der Waals surface area contributed by atoms with Crippen molar-refractivity contribution in [2.45, 2.75) is 6.73 Å². The van der Waals surface area contributed by atoms with Crippen molar-refractivity contribution in [3.63, 3.8) is 0 Å². The molecule has 100 valence electrons. The summed E-state index contributed by atoms with van der Waals surface area (Å²) in [7, 11) is 0. The average molecular weight is 321 g/mol. The SMILES string of the molecule is O=C(Nc1cccc(Cl)c1)OCn1cnc(Cl)c1Cl. The maximum Gasteiger partial charge on any atom is 0.413 e. The molecule has 0 atom stereocenters. The van der Waals surface area contributed by atoms with E-state index >= 15 is 0 Å². The summed E-state index contributed by atoms with van der Waals surface area (Å²) in [6.45, 7) is -0.0923. The van der Waals surface area contributed by atoms with Crippen molar-refractivity contribution in [3.8, 4) is 0 Å². The second kappa shape index (κ2) is 6.14. The maximum atomic E-state index is 11.5. The van der Waals surface area contributed by atoms with Crippen LogP contribution in [0, 0.1) is 0 Å². The third kappa shape index (κ3) is 3.76. The molecule has 1 heterocycles. The molecule has 19 heavy (non-hydrogen) atoms. The molecule has 0 fully saturated rings. The number of hydrogen-bond acceptors (Lipinski definition) is 3. The van der Waals surface area contributed by atoms with E-state index in [0.29, 0.717) is 10.7 Å². The van der Waals surface area contributed by atoms with E-state index in [9.17, 15) is 4.79 Å². The second-order valence-electron chi connectivity index (χ2n) is 3.49. The third-order valence-electron chi connectivity index (χ3n) is 2.14. The summed E-state index contributed by atoms with van der Waals surface area (Å²) in [5.41, 5.74) is 0.535. The minimum atomic E-state index is -0.636. The van der Waals surface area contributed by atoms with E-state index in [1.165, 1.54) is 10.9 Å². The number of imidazole rings is 1. The van der Waals surface area contributed by atoms with Crippen LogP contribution in [0.3, 0.4) is 0 Å². The van der Waals surface area contributed by atoms with E-state index in [1.54, 1.807) is 24.3 Å². The van der Waals surface area contributed by atoms with E-state index < -0.39 is 6.09 Å². The maximum absolute atomic E-state index is 11.5. The van der Waals surface area contributed by atoms with Crippen molar-refractivity contribution in [1.82, 2.24) is 9.55 Å². The Balaban J connectivity index is 1.90. The lowest BCUT2D eigenvalue weighted by Gasteiger charge is -2.08. The molecule has 0 aliphatic carbocycles. The molecule has 8 heteroatoms. The second-order valence-corrected chi connectivity index (χ2v) is 4.64. The monoisotopic (exact) mass is 319 g/mol. The Bertz CT molecular complexity index is 601. The first-order chi connectivity index (χ1) is 9.06. The molecule has 1 aromatic carbocycles. The average Bonchev–Trinajstić information content (AvgIpc) is 2.68. The van der Waals surface area contributed by atoms with E-state index in [1.807, 2.05) is 0 Å². The van der Waals surface area contributed by atoms with Gasteiger partial charge in [-0.3, -0.25) is 9.88 Å². The quantitative estimate of drug-likeness (QED) is 0.928. The summed E-state index contributed by atoms with van der Waals surface area (Å²) in [4.78, 5) is 15.3. The fourth-order valence-electron chi connectivity index (χ4n) is 1.28. The zero-order valence-corrected chi connectivity index (χ0v) is 11.7. The molecule has 0 aliphatic rings. The van der Waals surface area contributed by atoms with Crippen LogP contribution in [0.1, 0.15) is 0 Å². The van der Waals surface area contributed by atoms with Gasteiger partial charge in [-0.25, -0.2) is 9.78 Å². The normalized spacial score (nSPS) is 10.3. The summed E-state index contributed by atoms with van der Waals surface area (Å²) in [6.07, 6.45) is 0.736. The first kappa shape index (κ1) is 14.0. The summed E-state index contributed by atoms with van der Waals surface area (Å²) in [6, 6.07) is 6.70. The van der Waals surface area contributed by atoms with Gasteiger partial charge in [0.05, 0.1) is 0 Å². The number of hydrogen-bond donors (Lipinski definition) is 1. The summed E-state index contributed by atoms with van der Waals surface area (Å²) >= 11 is 17.3. The van der Waals surface area contributed by atoms with Gasteiger partial charge in [0.15, 0.2) is 17.0 Å². The van der Waals surface area contributed by atoms with Crippen molar-refractivity contribution < 1.29 is 9.53 Å². The van der Waals surface area contributed by atoms with Gasteiger partial charge in [0.2, 0.25) is 0 Å². The highest BCUT2D eigenvalue weighted by molar-refractivity contribution is 6.40. The van der Waals surface area contributed by atoms with Gasteiger partial charge in [0, 0.05) is 10.7 Å². The van der Waals surface area contributed by atoms with E-state index in [0.717, 1.165) is 0 Å². The number of nitrogens with one attached hydrogen (secondary N) is 1. The molecular weight excluding hydrogens is 312 g/mol. The molecule has 0 radical (unpaired) electrons. The van der Waals surface area contributed by atoms with Gasteiger partial charge in [-0.15, -0.1) is 0 Å². The van der Waals surface area contributed by atoms with E-state index in [2.05, 4.69) is 10.3 Å². The van der Waals surface area contributed by atoms with Crippen molar-refractivity contribution >= 4 is 46.6 Å². The number of rotatable bonds is 3. The Hall–Kier alpha value is -1.43. The van der Waals surface area contributed by atoms with Crippen LogP contribution in [0.5, 0.6) is 0 Å². The molecule has 1 amide bonds. The summed E-state index contributed by atoms with van der Waals surface area (Å²) < 4.78 is 6.34. The van der Waals surface area contributed by atoms with Gasteiger partial charge in [-0.05, 0) is 18.2 Å². The number of nitrogens with zero attached hydrogens (tertiary/aromatic N) is 2. The van der Waals surface area contributed by atoms with Crippen LogP contribution in [0.4, 0.5) is 10.5 Å². The first-order valence-electron chi connectivity index (χ1n) is 5.12. The van der Waals surface area contributed by atoms with Gasteiger partial charge in [-0.2, -0.15) is 0 Å². The predicted molar refractivity (Wildman–Crippen MR) is 73.8 cm³/mol. The van der Waals surface area contributed by atoms with Gasteiger partial charge >= 0.3 is 6.09 Å². The zero-order chi connectivity index (χ0) is 13.8. The highest BCUT2D eigenvalue weighted by atomic mass is 35.5. The molecule has 5 nitrogen and oxygen atoms in total. The Morgan fingerprint density at radius 1 is 1.37 bits per heavy atom. The Labute approximate surface area is 124 Å². The van der Waals surface area contributed by atoms with Gasteiger partial charge < -0.3 is 4.74 Å². The van der Waals surface area contributed by atoms with Crippen LogP contribution in [0.2, 0.25) is 15.3 Å². The fraction of sp³-hybridized carbons (Fsp3) is 0.0909. The van der Waals surface area contributed by atoms with Crippen molar-refractivity contribution in [2.75, 3.05) is 5.32 Å². The number of aromatic nitrogens is 2. The van der Waals surface area contributed by atoms with Crippen LogP contribution in [-0.4, -0.2) is 15.6 Å². The van der Waals surface area contributed by atoms with Crippen LogP contribution in [0.15, 0.2) is 30.6 Å². The van der Waals surface area contributed by atoms with E-state index in [4.69, 9.17) is 39.5 Å². The molecule has 1 N–H and O–H groups in total. The number of carbonyl (C=O) groups is 1. The molecular formula is C11H8Cl3N3O2. The third-order valence-corrected chi connectivity index (χ3v) is 3.14. The van der Waals surface area contributed by atoms with Crippen LogP contribution < -0.4 is 5.32 Å². The first-order valence-corrected chi connectivity index (χ1v) is 6.25. The molecule has 1 aromatic heterocycles. The lowest BCUT2D eigenvalue weighted by atomic mass is 10.3. The van der Waals surface area contributed by atoms with Crippen LogP contribution in [-0.2, 0) is 11.5 Å². The van der Waals surface area contributed by atoms with Crippen molar-refractivity contribution in [2.24, 2.45) is 0 Å². The number of ether oxygens (including phenoxy) is 1. The number of halogens is 3. The molecule has 0 aliphatic heterocycles. The zero-order valence-electron chi connectivity index (χ0n) is 9.44. The molecule has 0 unspecified atom stereocenters. The van der Waals surface area contributed by atoms with Gasteiger partial charge in [0.25, 0.3) is 0 Å². The summed E-state index contributed by atoms with van der Waals surface area (Å²) in [5, 5.41) is 3.40. The molecule has 2 aromatic rings. The number of carbonyl (C=O) groups excluding carboxylic acids is 1. The predicted octanol–water partition coefficient (Wildman–Crippen LogP) is 4.05. The number of benzene rings is 1. The Kier molecular flexibility index (Phi) is 4.52. The lowest BCUT2D eigenvalue weighted by Crippen LogP contribution is -2.15. The van der Waals surface area contributed by atoms with Crippen molar-refractivity contribution in [1.29, 1.82) is 0 Å². The van der Waals surface area contributed by atoms with Gasteiger partial charge in [-0.1, -0.05) is 40.9 Å². The highest BCUT2D eigenvalue weighted by Crippen LogP contribution is 2.19. The largest absolute Gasteiger partial charge is 0.427 e. The summed E-state index contributed by atoms with van der Waals surface area (Å²) in [5.74, 6) is 0.